The summed E-state index contributed by atoms with van der Waals surface area (Å²) in [7, 11) is 0. The van der Waals surface area contributed by atoms with Gasteiger partial charge in [0.2, 0.25) is 5.91 Å². The van der Waals surface area contributed by atoms with E-state index in [1.807, 2.05) is 42.5 Å². The number of hydrogen-bond acceptors (Lipinski definition) is 3. The average Bonchev–Trinajstić information content (AvgIpc) is 2.78. The molecule has 2 aromatic rings. The molecule has 0 bridgehead atoms. The second-order valence-corrected chi connectivity index (χ2v) is 8.50. The SMILES string of the molecule is C=C(/N=C(\NC(C)=O)c1cc(CC)ccc1Cl)c1ccc(OCC2CCCCC2)cc1. The van der Waals surface area contributed by atoms with Gasteiger partial charge in [-0.25, -0.2) is 4.99 Å². The number of halogens is 1. The average molecular weight is 439 g/mol. The van der Waals surface area contributed by atoms with Crippen LogP contribution in [-0.4, -0.2) is 18.3 Å². The lowest BCUT2D eigenvalue weighted by molar-refractivity contribution is -0.117. The van der Waals surface area contributed by atoms with Crippen LogP contribution in [0.25, 0.3) is 5.70 Å². The Labute approximate surface area is 190 Å². The summed E-state index contributed by atoms with van der Waals surface area (Å²) < 4.78 is 5.98. The van der Waals surface area contributed by atoms with E-state index < -0.39 is 0 Å². The number of carbonyl (C=O) groups excluding carboxylic acids is 1. The van der Waals surface area contributed by atoms with Crippen LogP contribution >= 0.6 is 11.6 Å². The molecular weight excluding hydrogens is 408 g/mol. The first-order valence-electron chi connectivity index (χ1n) is 11.0. The van der Waals surface area contributed by atoms with Gasteiger partial charge in [0.1, 0.15) is 11.6 Å². The zero-order valence-corrected chi connectivity index (χ0v) is 19.2. The number of aryl methyl sites for hydroxylation is 1. The van der Waals surface area contributed by atoms with Crippen LogP contribution < -0.4 is 10.1 Å². The summed E-state index contributed by atoms with van der Waals surface area (Å²) in [6.07, 6.45) is 7.36. The molecule has 3 rings (SSSR count). The van der Waals surface area contributed by atoms with Crippen molar-refractivity contribution in [1.82, 2.24) is 5.32 Å². The highest BCUT2D eigenvalue weighted by atomic mass is 35.5. The lowest BCUT2D eigenvalue weighted by Crippen LogP contribution is -2.29. The number of nitrogens with zero attached hydrogens (tertiary/aromatic N) is 1. The second-order valence-electron chi connectivity index (χ2n) is 8.10. The lowest BCUT2D eigenvalue weighted by atomic mass is 9.90. The van der Waals surface area contributed by atoms with Crippen molar-refractivity contribution in [3.05, 3.63) is 70.8 Å². The van der Waals surface area contributed by atoms with Crippen molar-refractivity contribution >= 4 is 29.0 Å². The van der Waals surface area contributed by atoms with Crippen LogP contribution in [0.4, 0.5) is 0 Å². The molecule has 0 aromatic heterocycles. The van der Waals surface area contributed by atoms with E-state index in [2.05, 4.69) is 23.8 Å². The maximum absolute atomic E-state index is 11.8. The number of benzene rings is 2. The summed E-state index contributed by atoms with van der Waals surface area (Å²) in [4.78, 5) is 16.4. The Morgan fingerprint density at radius 3 is 2.52 bits per heavy atom. The number of aliphatic imine (C=N–C) groups is 1. The second kappa shape index (κ2) is 11.1. The molecule has 0 spiro atoms. The molecule has 5 heteroatoms. The van der Waals surface area contributed by atoms with E-state index in [1.165, 1.54) is 39.0 Å². The Morgan fingerprint density at radius 2 is 1.87 bits per heavy atom. The standard InChI is InChI=1S/C26H31ClN2O2/c1-4-20-10-15-25(27)24(16-20)26(29-19(3)30)28-18(2)22-11-13-23(14-12-22)31-17-21-8-6-5-7-9-21/h10-16,21H,2,4-9,17H2,1,3H3,(H,28,29,30). The van der Waals surface area contributed by atoms with Crippen molar-refractivity contribution in [1.29, 1.82) is 0 Å². The summed E-state index contributed by atoms with van der Waals surface area (Å²) in [5, 5.41) is 3.33. The molecule has 1 aliphatic carbocycles. The van der Waals surface area contributed by atoms with Crippen LogP contribution in [-0.2, 0) is 11.2 Å². The van der Waals surface area contributed by atoms with Crippen LogP contribution in [0.5, 0.6) is 5.75 Å². The zero-order valence-electron chi connectivity index (χ0n) is 18.4. The first-order chi connectivity index (χ1) is 15.0. The summed E-state index contributed by atoms with van der Waals surface area (Å²) >= 11 is 6.40. The largest absolute Gasteiger partial charge is 0.493 e. The first kappa shape index (κ1) is 23.1. The fourth-order valence-corrected chi connectivity index (χ4v) is 4.01. The Bertz CT molecular complexity index is 944. The Kier molecular flexibility index (Phi) is 8.30. The minimum Gasteiger partial charge on any atom is -0.493 e. The van der Waals surface area contributed by atoms with Crippen LogP contribution in [0.3, 0.4) is 0 Å². The molecule has 2 aromatic carbocycles. The molecule has 1 N–H and O–H groups in total. The molecule has 0 unspecified atom stereocenters. The monoisotopic (exact) mass is 438 g/mol. The van der Waals surface area contributed by atoms with Gasteiger partial charge in [0.05, 0.1) is 17.3 Å². The highest BCUT2D eigenvalue weighted by molar-refractivity contribution is 6.34. The predicted octanol–water partition coefficient (Wildman–Crippen LogP) is 6.42. The quantitative estimate of drug-likeness (QED) is 0.400. The van der Waals surface area contributed by atoms with Crippen LogP contribution in [0.15, 0.2) is 54.0 Å². The third-order valence-corrected chi connectivity index (χ3v) is 5.96. The summed E-state index contributed by atoms with van der Waals surface area (Å²) in [5.74, 6) is 1.70. The summed E-state index contributed by atoms with van der Waals surface area (Å²) in [5.41, 5.74) is 3.20. The molecule has 1 aliphatic rings. The van der Waals surface area contributed by atoms with E-state index in [9.17, 15) is 4.79 Å². The molecule has 4 nitrogen and oxygen atoms in total. The smallest absolute Gasteiger partial charge is 0.222 e. The van der Waals surface area contributed by atoms with E-state index in [0.29, 0.717) is 28.0 Å². The molecule has 0 heterocycles. The van der Waals surface area contributed by atoms with E-state index in [-0.39, 0.29) is 5.91 Å². The maximum Gasteiger partial charge on any atom is 0.222 e. The number of carbonyl (C=O) groups is 1. The Balaban J connectivity index is 1.74. The van der Waals surface area contributed by atoms with E-state index >= 15 is 0 Å². The van der Waals surface area contributed by atoms with E-state index in [1.54, 1.807) is 0 Å². The molecule has 164 valence electrons. The van der Waals surface area contributed by atoms with Gasteiger partial charge in [-0.3, -0.25) is 4.79 Å². The topological polar surface area (TPSA) is 50.7 Å². The van der Waals surface area contributed by atoms with Gasteiger partial charge >= 0.3 is 0 Å². The van der Waals surface area contributed by atoms with Crippen molar-refractivity contribution in [2.24, 2.45) is 10.9 Å². The fourth-order valence-electron chi connectivity index (χ4n) is 3.81. The number of rotatable bonds is 7. The van der Waals surface area contributed by atoms with Gasteiger partial charge in [-0.05, 0) is 72.7 Å². The molecule has 1 fully saturated rings. The number of nitrogens with one attached hydrogen (secondary N) is 1. The van der Waals surface area contributed by atoms with Gasteiger partial charge in [0.25, 0.3) is 0 Å². The first-order valence-corrected chi connectivity index (χ1v) is 11.4. The van der Waals surface area contributed by atoms with Gasteiger partial charge < -0.3 is 10.1 Å². The molecule has 0 aliphatic heterocycles. The number of amidine groups is 1. The van der Waals surface area contributed by atoms with Crippen molar-refractivity contribution in [2.75, 3.05) is 6.61 Å². The van der Waals surface area contributed by atoms with Gasteiger partial charge in [-0.1, -0.05) is 50.4 Å². The van der Waals surface area contributed by atoms with Crippen LogP contribution in [0.1, 0.15) is 62.6 Å². The van der Waals surface area contributed by atoms with Crippen molar-refractivity contribution in [3.63, 3.8) is 0 Å². The predicted molar refractivity (Wildman–Crippen MR) is 129 cm³/mol. The van der Waals surface area contributed by atoms with E-state index in [4.69, 9.17) is 16.3 Å². The minimum atomic E-state index is -0.212. The zero-order chi connectivity index (χ0) is 22.2. The van der Waals surface area contributed by atoms with Crippen molar-refractivity contribution in [2.45, 2.75) is 52.4 Å². The molecular formula is C26H31ClN2O2. The molecule has 0 saturated heterocycles. The lowest BCUT2D eigenvalue weighted by Gasteiger charge is -2.21. The highest BCUT2D eigenvalue weighted by Gasteiger charge is 2.15. The van der Waals surface area contributed by atoms with Crippen molar-refractivity contribution < 1.29 is 9.53 Å². The maximum atomic E-state index is 11.8. The highest BCUT2D eigenvalue weighted by Crippen LogP contribution is 2.26. The van der Waals surface area contributed by atoms with Gasteiger partial charge in [0, 0.05) is 12.5 Å². The molecule has 0 atom stereocenters. The van der Waals surface area contributed by atoms with Gasteiger partial charge in [0.15, 0.2) is 0 Å². The fraction of sp³-hybridized carbons (Fsp3) is 0.385. The van der Waals surface area contributed by atoms with Gasteiger partial charge in [-0.2, -0.15) is 0 Å². The molecule has 1 saturated carbocycles. The van der Waals surface area contributed by atoms with E-state index in [0.717, 1.165) is 29.9 Å². The number of ether oxygens (including phenoxy) is 1. The molecule has 0 radical (unpaired) electrons. The number of hydrogen-bond donors (Lipinski definition) is 1. The summed E-state index contributed by atoms with van der Waals surface area (Å²) in [6.45, 7) is 8.39. The molecule has 1 amide bonds. The van der Waals surface area contributed by atoms with Crippen LogP contribution in [0, 0.1) is 5.92 Å². The third kappa shape index (κ3) is 6.70. The third-order valence-electron chi connectivity index (χ3n) is 5.63. The Hall–Kier alpha value is -2.59. The Morgan fingerprint density at radius 1 is 1.16 bits per heavy atom. The molecule has 31 heavy (non-hydrogen) atoms. The normalized spacial score (nSPS) is 14.9. The van der Waals surface area contributed by atoms with Crippen LogP contribution in [0.2, 0.25) is 5.02 Å². The number of amides is 1. The van der Waals surface area contributed by atoms with Gasteiger partial charge in [-0.15, -0.1) is 0 Å². The minimum absolute atomic E-state index is 0.212. The van der Waals surface area contributed by atoms with Crippen molar-refractivity contribution in [3.8, 4) is 5.75 Å². The summed E-state index contributed by atoms with van der Waals surface area (Å²) in [6, 6.07) is 13.5.